The molecule has 0 bridgehead atoms. The summed E-state index contributed by atoms with van der Waals surface area (Å²) in [7, 11) is 1.81. The van der Waals surface area contributed by atoms with Crippen LogP contribution >= 0.6 is 0 Å². The number of hydrogen-bond donors (Lipinski definition) is 1. The summed E-state index contributed by atoms with van der Waals surface area (Å²) >= 11 is 0. The fourth-order valence-electron chi connectivity index (χ4n) is 4.74. The summed E-state index contributed by atoms with van der Waals surface area (Å²) in [5.41, 5.74) is 2.56. The molecule has 8 nitrogen and oxygen atoms in total. The Labute approximate surface area is 189 Å². The quantitative estimate of drug-likeness (QED) is 0.318. The van der Waals surface area contributed by atoms with Crippen molar-refractivity contribution in [3.8, 4) is 0 Å². The van der Waals surface area contributed by atoms with E-state index < -0.39 is 0 Å². The smallest absolute Gasteiger partial charge is 0.246 e. The largest absolute Gasteiger partial charge is 0.396 e. The van der Waals surface area contributed by atoms with Gasteiger partial charge < -0.3 is 15.1 Å². The number of rotatable bonds is 6. The first kappa shape index (κ1) is 22.5. The number of piperidine rings is 1. The number of pyridine rings is 1. The zero-order valence-electron chi connectivity index (χ0n) is 19.3. The molecule has 1 N–H and O–H groups in total. The van der Waals surface area contributed by atoms with Crippen LogP contribution in [0.15, 0.2) is 23.5 Å². The van der Waals surface area contributed by atoms with Crippen LogP contribution < -0.4 is 10.2 Å². The summed E-state index contributed by atoms with van der Waals surface area (Å²) in [5.74, 6) is 1.16. The molecule has 32 heavy (non-hydrogen) atoms. The van der Waals surface area contributed by atoms with Crippen molar-refractivity contribution in [1.82, 2.24) is 15.2 Å². The van der Waals surface area contributed by atoms with Crippen molar-refractivity contribution in [3.63, 3.8) is 0 Å². The molecule has 8 heteroatoms. The fraction of sp³-hybridized carbons (Fsp3) is 0.583. The summed E-state index contributed by atoms with van der Waals surface area (Å²) in [6.07, 6.45) is 8.49. The second kappa shape index (κ2) is 9.40. The molecule has 2 saturated heterocycles. The molecule has 4 rings (SSSR count). The van der Waals surface area contributed by atoms with Crippen molar-refractivity contribution in [1.29, 1.82) is 0 Å². The van der Waals surface area contributed by atoms with E-state index in [1.165, 1.54) is 0 Å². The van der Waals surface area contributed by atoms with Gasteiger partial charge in [-0.25, -0.2) is 4.98 Å². The van der Waals surface area contributed by atoms with Gasteiger partial charge in [0, 0.05) is 38.3 Å². The van der Waals surface area contributed by atoms with E-state index in [0.29, 0.717) is 26.1 Å². The minimum absolute atomic E-state index is 0.0108. The summed E-state index contributed by atoms with van der Waals surface area (Å²) in [4.78, 5) is 38.8. The zero-order chi connectivity index (χ0) is 22.7. The lowest BCUT2D eigenvalue weighted by molar-refractivity contribution is -0.131. The molecule has 0 radical (unpaired) electrons. The summed E-state index contributed by atoms with van der Waals surface area (Å²) in [6, 6.07) is 2.07. The molecule has 3 aliphatic rings. The average Bonchev–Trinajstić information content (AvgIpc) is 2.76. The molecule has 0 unspecified atom stereocenters. The van der Waals surface area contributed by atoms with E-state index in [1.54, 1.807) is 17.2 Å². The molecular weight excluding hydrogens is 406 g/mol. The Morgan fingerprint density at radius 2 is 2.12 bits per heavy atom. The number of amides is 2. The van der Waals surface area contributed by atoms with Gasteiger partial charge in [-0.1, -0.05) is 12.1 Å². The van der Waals surface area contributed by atoms with Crippen LogP contribution in [0.3, 0.4) is 0 Å². The van der Waals surface area contributed by atoms with E-state index in [0.717, 1.165) is 55.0 Å². The normalized spacial score (nSPS) is 21.1. The Bertz CT molecular complexity index is 930. The lowest BCUT2D eigenvalue weighted by Gasteiger charge is -2.43. The van der Waals surface area contributed by atoms with Crippen LogP contribution in [0.4, 0.5) is 5.82 Å². The Morgan fingerprint density at radius 3 is 2.84 bits per heavy atom. The Morgan fingerprint density at radius 1 is 1.38 bits per heavy atom. The predicted octanol–water partition coefficient (Wildman–Crippen LogP) is 2.24. The lowest BCUT2D eigenvalue weighted by atomic mass is 9.71. The van der Waals surface area contributed by atoms with Gasteiger partial charge in [-0.15, -0.1) is 0 Å². The topological polar surface area (TPSA) is 87.1 Å². The second-order valence-electron chi connectivity index (χ2n) is 9.16. The second-order valence-corrected chi connectivity index (χ2v) is 9.16. The van der Waals surface area contributed by atoms with E-state index >= 15 is 0 Å². The van der Waals surface area contributed by atoms with Gasteiger partial charge in [0.25, 0.3) is 0 Å². The molecule has 1 aromatic heterocycles. The number of nitrogens with zero attached hydrogens (tertiary/aromatic N) is 4. The third-order valence-corrected chi connectivity index (χ3v) is 6.84. The van der Waals surface area contributed by atoms with Gasteiger partial charge in [0.2, 0.25) is 11.8 Å². The van der Waals surface area contributed by atoms with Crippen molar-refractivity contribution in [2.75, 3.05) is 44.7 Å². The SMILES string of the molecule is CCCON=C(C)C1CN(C(=O)C=Cc2cnc3c(c2)CC2(CCNCC2)C(=O)N3C)C1. The molecule has 0 aromatic carbocycles. The van der Waals surface area contributed by atoms with E-state index in [2.05, 4.69) is 21.5 Å². The molecule has 0 saturated carbocycles. The molecule has 2 amide bonds. The van der Waals surface area contributed by atoms with Gasteiger partial charge in [0.15, 0.2) is 0 Å². The standard InChI is InChI=1S/C24H33N5O3/c1-4-11-32-27-17(2)20-15-29(16-20)21(30)6-5-18-12-19-13-24(7-9-25-10-8-24)23(31)28(3)22(19)26-14-18/h5-6,12,14,20,25H,4,7-11,13,15-16H2,1-3H3. The summed E-state index contributed by atoms with van der Waals surface area (Å²) < 4.78 is 0. The molecule has 3 aliphatic heterocycles. The molecule has 1 aromatic rings. The highest BCUT2D eigenvalue weighted by Crippen LogP contribution is 2.42. The lowest BCUT2D eigenvalue weighted by Crippen LogP contribution is -2.52. The minimum Gasteiger partial charge on any atom is -0.396 e. The van der Waals surface area contributed by atoms with Crippen molar-refractivity contribution in [2.24, 2.45) is 16.5 Å². The third-order valence-electron chi connectivity index (χ3n) is 6.84. The number of carbonyl (C=O) groups is 2. The van der Waals surface area contributed by atoms with Gasteiger partial charge in [0.1, 0.15) is 12.4 Å². The number of carbonyl (C=O) groups excluding carboxylic acids is 2. The van der Waals surface area contributed by atoms with Crippen LogP contribution in [0, 0.1) is 11.3 Å². The van der Waals surface area contributed by atoms with Gasteiger partial charge >= 0.3 is 0 Å². The van der Waals surface area contributed by atoms with E-state index in [-0.39, 0.29) is 23.1 Å². The van der Waals surface area contributed by atoms with Gasteiger partial charge in [0.05, 0.1) is 11.1 Å². The van der Waals surface area contributed by atoms with E-state index in [4.69, 9.17) is 4.84 Å². The number of fused-ring (bicyclic) bond motifs is 1. The maximum atomic E-state index is 13.0. The van der Waals surface area contributed by atoms with Gasteiger partial charge in [-0.05, 0) is 69.0 Å². The van der Waals surface area contributed by atoms with Crippen molar-refractivity contribution in [2.45, 2.75) is 39.5 Å². The Kier molecular flexibility index (Phi) is 6.60. The number of anilines is 1. The van der Waals surface area contributed by atoms with E-state index in [9.17, 15) is 9.59 Å². The van der Waals surface area contributed by atoms with Crippen LogP contribution in [-0.4, -0.2) is 67.2 Å². The maximum Gasteiger partial charge on any atom is 0.246 e. The molecule has 1 spiro atoms. The number of hydrogen-bond acceptors (Lipinski definition) is 6. The van der Waals surface area contributed by atoms with Crippen LogP contribution in [0.1, 0.15) is 44.2 Å². The van der Waals surface area contributed by atoms with E-state index in [1.807, 2.05) is 31.9 Å². The summed E-state index contributed by atoms with van der Waals surface area (Å²) in [5, 5.41) is 7.48. The van der Waals surface area contributed by atoms with Gasteiger partial charge in [-0.2, -0.15) is 0 Å². The molecule has 172 valence electrons. The number of likely N-dealkylation sites (tertiary alicyclic amines) is 1. The number of aromatic nitrogens is 1. The predicted molar refractivity (Wildman–Crippen MR) is 124 cm³/mol. The van der Waals surface area contributed by atoms with Crippen LogP contribution in [0.5, 0.6) is 0 Å². The zero-order valence-corrected chi connectivity index (χ0v) is 19.3. The number of nitrogens with one attached hydrogen (secondary N) is 1. The first-order valence-corrected chi connectivity index (χ1v) is 11.5. The van der Waals surface area contributed by atoms with Crippen LogP contribution in [0.2, 0.25) is 0 Å². The third kappa shape index (κ3) is 4.41. The minimum atomic E-state index is -0.334. The molecule has 2 fully saturated rings. The van der Waals surface area contributed by atoms with Crippen LogP contribution in [0.25, 0.3) is 6.08 Å². The molecule has 0 atom stereocenters. The monoisotopic (exact) mass is 439 g/mol. The highest BCUT2D eigenvalue weighted by Gasteiger charge is 2.46. The van der Waals surface area contributed by atoms with Crippen molar-refractivity contribution >= 4 is 29.4 Å². The van der Waals surface area contributed by atoms with Gasteiger partial charge in [-0.3, -0.25) is 14.5 Å². The van der Waals surface area contributed by atoms with Crippen molar-refractivity contribution in [3.05, 3.63) is 29.5 Å². The Hall–Kier alpha value is -2.74. The first-order valence-electron chi connectivity index (χ1n) is 11.5. The average molecular weight is 440 g/mol. The highest BCUT2D eigenvalue weighted by atomic mass is 16.6. The number of oxime groups is 1. The fourth-order valence-corrected chi connectivity index (χ4v) is 4.74. The molecule has 0 aliphatic carbocycles. The van der Waals surface area contributed by atoms with Crippen molar-refractivity contribution < 1.29 is 14.4 Å². The van der Waals surface area contributed by atoms with Crippen LogP contribution in [-0.2, 0) is 20.8 Å². The molecule has 4 heterocycles. The highest BCUT2D eigenvalue weighted by molar-refractivity contribution is 5.99. The Balaban J connectivity index is 1.39. The molecular formula is C24H33N5O3. The summed E-state index contributed by atoms with van der Waals surface area (Å²) in [6.45, 7) is 7.67. The first-order chi connectivity index (χ1) is 15.4. The maximum absolute atomic E-state index is 13.0.